The summed E-state index contributed by atoms with van der Waals surface area (Å²) in [6, 6.07) is 0. The largest absolute Gasteiger partial charge is 0.466 e. The van der Waals surface area contributed by atoms with Crippen molar-refractivity contribution < 1.29 is 23.1 Å². The summed E-state index contributed by atoms with van der Waals surface area (Å²) in [4.78, 5) is 11.6. The Labute approximate surface area is 95.7 Å². The Balaban J connectivity index is 2.85. The lowest BCUT2D eigenvalue weighted by Crippen LogP contribution is -2.44. The molecule has 2 atom stereocenters. The van der Waals surface area contributed by atoms with Crippen molar-refractivity contribution in [1.29, 1.82) is 0 Å². The van der Waals surface area contributed by atoms with Gasteiger partial charge < -0.3 is 9.84 Å². The van der Waals surface area contributed by atoms with Gasteiger partial charge in [-0.1, -0.05) is 6.92 Å². The Kier molecular flexibility index (Phi) is 3.96. The molecule has 0 amide bonds. The Morgan fingerprint density at radius 2 is 2.12 bits per heavy atom. The van der Waals surface area contributed by atoms with E-state index in [-0.39, 0.29) is 24.5 Å². The van der Waals surface area contributed by atoms with Crippen LogP contribution in [-0.2, 0) is 19.4 Å². The Bertz CT molecular complexity index is 361. The number of carbonyl (C=O) groups excluding carboxylic acids is 1. The maximum absolute atomic E-state index is 11.6. The second kappa shape index (κ2) is 4.71. The molecule has 5 nitrogen and oxygen atoms in total. The van der Waals surface area contributed by atoms with E-state index in [1.165, 1.54) is 0 Å². The second-order valence-corrected chi connectivity index (χ2v) is 6.34. The molecule has 1 fully saturated rings. The number of sulfone groups is 1. The van der Waals surface area contributed by atoms with E-state index in [2.05, 4.69) is 0 Å². The Hall–Kier alpha value is -0.620. The predicted octanol–water partition coefficient (Wildman–Crippen LogP) is 0.125. The van der Waals surface area contributed by atoms with Crippen LogP contribution in [0.4, 0.5) is 0 Å². The number of hydrogen-bond acceptors (Lipinski definition) is 5. The first-order valence-corrected chi connectivity index (χ1v) is 7.26. The number of aliphatic hydroxyl groups is 1. The fraction of sp³-hybridized carbons (Fsp3) is 0.900. The number of esters is 1. The van der Waals surface area contributed by atoms with Crippen molar-refractivity contribution in [3.63, 3.8) is 0 Å². The van der Waals surface area contributed by atoms with E-state index >= 15 is 0 Å². The SMILES string of the molecule is CCOC(=O)C(CC)C1(O)CCS(=O)(=O)C1. The van der Waals surface area contributed by atoms with Crippen molar-refractivity contribution >= 4 is 15.8 Å². The molecule has 0 aliphatic carbocycles. The number of rotatable bonds is 4. The van der Waals surface area contributed by atoms with Crippen LogP contribution >= 0.6 is 0 Å². The van der Waals surface area contributed by atoms with Crippen LogP contribution in [-0.4, -0.2) is 43.2 Å². The molecule has 1 aliphatic rings. The van der Waals surface area contributed by atoms with E-state index in [0.717, 1.165) is 0 Å². The van der Waals surface area contributed by atoms with Gasteiger partial charge in [0.15, 0.2) is 9.84 Å². The topological polar surface area (TPSA) is 80.7 Å². The Morgan fingerprint density at radius 1 is 1.50 bits per heavy atom. The third-order valence-electron chi connectivity index (χ3n) is 2.94. The van der Waals surface area contributed by atoms with Crippen molar-refractivity contribution in [2.24, 2.45) is 5.92 Å². The van der Waals surface area contributed by atoms with Crippen molar-refractivity contribution in [1.82, 2.24) is 0 Å². The van der Waals surface area contributed by atoms with Gasteiger partial charge in [0.05, 0.1) is 29.6 Å². The molecule has 0 saturated carbocycles. The maximum atomic E-state index is 11.6. The second-order valence-electron chi connectivity index (χ2n) is 4.16. The normalized spacial score (nSPS) is 29.9. The minimum atomic E-state index is -3.22. The molecule has 2 unspecified atom stereocenters. The highest BCUT2D eigenvalue weighted by Gasteiger charge is 2.49. The van der Waals surface area contributed by atoms with Crippen LogP contribution in [0, 0.1) is 5.92 Å². The highest BCUT2D eigenvalue weighted by Crippen LogP contribution is 2.33. The number of ether oxygens (including phenoxy) is 1. The zero-order valence-corrected chi connectivity index (χ0v) is 10.4. The van der Waals surface area contributed by atoms with Gasteiger partial charge in [0.1, 0.15) is 0 Å². The van der Waals surface area contributed by atoms with E-state index in [0.29, 0.717) is 6.42 Å². The molecular weight excluding hydrogens is 232 g/mol. The zero-order chi connectivity index (χ0) is 12.4. The summed E-state index contributed by atoms with van der Waals surface area (Å²) >= 11 is 0. The predicted molar refractivity (Wildman–Crippen MR) is 58.6 cm³/mol. The first-order chi connectivity index (χ1) is 7.34. The summed E-state index contributed by atoms with van der Waals surface area (Å²) in [5.74, 6) is -1.65. The molecule has 1 heterocycles. The van der Waals surface area contributed by atoms with Crippen LogP contribution in [0.15, 0.2) is 0 Å². The van der Waals surface area contributed by atoms with E-state index < -0.39 is 27.3 Å². The Morgan fingerprint density at radius 3 is 2.50 bits per heavy atom. The van der Waals surface area contributed by atoms with Crippen molar-refractivity contribution in [3.8, 4) is 0 Å². The maximum Gasteiger partial charge on any atom is 0.311 e. The van der Waals surface area contributed by atoms with Crippen molar-refractivity contribution in [3.05, 3.63) is 0 Å². The van der Waals surface area contributed by atoms with Gasteiger partial charge in [-0.25, -0.2) is 8.42 Å². The van der Waals surface area contributed by atoms with Gasteiger partial charge in [-0.05, 0) is 19.8 Å². The summed E-state index contributed by atoms with van der Waals surface area (Å²) in [6.45, 7) is 3.66. The summed E-state index contributed by atoms with van der Waals surface area (Å²) in [6.07, 6.45) is 0.498. The summed E-state index contributed by atoms with van der Waals surface area (Å²) in [5, 5.41) is 10.2. The molecule has 94 valence electrons. The van der Waals surface area contributed by atoms with Gasteiger partial charge in [-0.3, -0.25) is 4.79 Å². The highest BCUT2D eigenvalue weighted by molar-refractivity contribution is 7.91. The van der Waals surface area contributed by atoms with Gasteiger partial charge in [0, 0.05) is 0 Å². The lowest BCUT2D eigenvalue weighted by Gasteiger charge is -2.28. The van der Waals surface area contributed by atoms with Gasteiger partial charge in [-0.2, -0.15) is 0 Å². The van der Waals surface area contributed by atoms with Crippen LogP contribution in [0.1, 0.15) is 26.7 Å². The molecule has 0 aromatic heterocycles. The summed E-state index contributed by atoms with van der Waals surface area (Å²) in [7, 11) is -3.22. The average Bonchev–Trinajstić information content (AvgIpc) is 2.42. The zero-order valence-electron chi connectivity index (χ0n) is 9.60. The minimum Gasteiger partial charge on any atom is -0.466 e. The third kappa shape index (κ3) is 2.74. The molecule has 0 bridgehead atoms. The lowest BCUT2D eigenvalue weighted by molar-refractivity contribution is -0.157. The average molecular weight is 250 g/mol. The van der Waals surface area contributed by atoms with E-state index in [1.807, 2.05) is 0 Å². The molecular formula is C10H18O5S. The van der Waals surface area contributed by atoms with Gasteiger partial charge in [-0.15, -0.1) is 0 Å². The van der Waals surface area contributed by atoms with Crippen LogP contribution in [0.3, 0.4) is 0 Å². The molecule has 1 rings (SSSR count). The molecule has 0 radical (unpaired) electrons. The third-order valence-corrected chi connectivity index (χ3v) is 4.71. The quantitative estimate of drug-likeness (QED) is 0.717. The molecule has 1 saturated heterocycles. The molecule has 16 heavy (non-hydrogen) atoms. The van der Waals surface area contributed by atoms with Crippen molar-refractivity contribution in [2.75, 3.05) is 18.1 Å². The van der Waals surface area contributed by atoms with Crippen LogP contribution in [0.25, 0.3) is 0 Å². The first kappa shape index (κ1) is 13.4. The molecule has 1 N–H and O–H groups in total. The minimum absolute atomic E-state index is 0.0561. The van der Waals surface area contributed by atoms with E-state index in [4.69, 9.17) is 4.74 Å². The van der Waals surface area contributed by atoms with Crippen LogP contribution in [0.5, 0.6) is 0 Å². The van der Waals surface area contributed by atoms with Crippen molar-refractivity contribution in [2.45, 2.75) is 32.3 Å². The van der Waals surface area contributed by atoms with Gasteiger partial charge in [0.2, 0.25) is 0 Å². The molecule has 6 heteroatoms. The standard InChI is InChI=1S/C10H18O5S/c1-3-8(9(11)15-4-2)10(12)5-6-16(13,14)7-10/h8,12H,3-7H2,1-2H3. The summed E-state index contributed by atoms with van der Waals surface area (Å²) in [5.41, 5.74) is -1.44. The molecule has 0 spiro atoms. The van der Waals surface area contributed by atoms with Crippen LogP contribution < -0.4 is 0 Å². The first-order valence-electron chi connectivity index (χ1n) is 5.44. The summed E-state index contributed by atoms with van der Waals surface area (Å²) < 4.78 is 27.5. The van der Waals surface area contributed by atoms with Gasteiger partial charge >= 0.3 is 5.97 Å². The molecule has 0 aromatic carbocycles. The fourth-order valence-corrected chi connectivity index (χ4v) is 4.06. The number of carbonyl (C=O) groups is 1. The van der Waals surface area contributed by atoms with E-state index in [1.54, 1.807) is 13.8 Å². The van der Waals surface area contributed by atoms with Gasteiger partial charge in [0.25, 0.3) is 0 Å². The monoisotopic (exact) mass is 250 g/mol. The molecule has 0 aromatic rings. The number of hydrogen-bond donors (Lipinski definition) is 1. The van der Waals surface area contributed by atoms with Crippen LogP contribution in [0.2, 0.25) is 0 Å². The fourth-order valence-electron chi connectivity index (χ4n) is 2.14. The lowest BCUT2D eigenvalue weighted by atomic mass is 9.85. The van der Waals surface area contributed by atoms with E-state index in [9.17, 15) is 18.3 Å². The molecule has 1 aliphatic heterocycles. The highest BCUT2D eigenvalue weighted by atomic mass is 32.2. The smallest absolute Gasteiger partial charge is 0.311 e.